The molecule has 0 saturated heterocycles. The molecule has 0 fully saturated rings. The van der Waals surface area contributed by atoms with Gasteiger partial charge in [0.2, 0.25) is 0 Å². The lowest BCUT2D eigenvalue weighted by molar-refractivity contribution is 0.0919. The molecule has 0 spiro atoms. The van der Waals surface area contributed by atoms with Gasteiger partial charge >= 0.3 is 0 Å². The normalized spacial score (nSPS) is 11.6. The number of carbonyl (C=O) groups is 1. The van der Waals surface area contributed by atoms with E-state index in [0.717, 1.165) is 0 Å². The predicted molar refractivity (Wildman–Crippen MR) is 68.0 cm³/mol. The van der Waals surface area contributed by atoms with Crippen molar-refractivity contribution in [3.63, 3.8) is 0 Å². The van der Waals surface area contributed by atoms with E-state index in [-0.39, 0.29) is 22.2 Å². The molecule has 1 aromatic rings. The molecule has 0 saturated carbocycles. The van der Waals surface area contributed by atoms with Gasteiger partial charge in [-0.3, -0.25) is 9.78 Å². The summed E-state index contributed by atoms with van der Waals surface area (Å²) in [5.74, 6) is 0.238. The maximum atomic E-state index is 11.8. The molecule has 0 aliphatic heterocycles. The maximum absolute atomic E-state index is 11.8. The Kier molecular flexibility index (Phi) is 4.46. The fourth-order valence-corrected chi connectivity index (χ4v) is 1.20. The summed E-state index contributed by atoms with van der Waals surface area (Å²) in [6.45, 7) is 9.08. The number of halogens is 1. The van der Waals surface area contributed by atoms with E-state index in [1.54, 1.807) is 0 Å². The lowest BCUT2D eigenvalue weighted by Gasteiger charge is -2.29. The largest absolute Gasteiger partial charge is 0.350 e. The van der Waals surface area contributed by atoms with Crippen molar-refractivity contribution in [1.29, 1.82) is 0 Å². The van der Waals surface area contributed by atoms with Crippen molar-refractivity contribution in [3.05, 3.63) is 23.2 Å². The van der Waals surface area contributed by atoms with E-state index in [9.17, 15) is 4.79 Å². The third kappa shape index (κ3) is 3.97. The Balaban J connectivity index is 2.62. The van der Waals surface area contributed by atoms with Crippen LogP contribution in [0.4, 0.5) is 0 Å². The number of carbonyl (C=O) groups excluding carboxylic acids is 1. The van der Waals surface area contributed by atoms with Gasteiger partial charge < -0.3 is 5.32 Å². The van der Waals surface area contributed by atoms with Gasteiger partial charge in [0.25, 0.3) is 5.91 Å². The van der Waals surface area contributed by atoms with E-state index < -0.39 is 0 Å². The molecular weight excluding hydrogens is 238 g/mol. The highest BCUT2D eigenvalue weighted by atomic mass is 35.5. The van der Waals surface area contributed by atoms with E-state index in [0.29, 0.717) is 12.5 Å². The zero-order valence-corrected chi connectivity index (χ0v) is 11.4. The zero-order chi connectivity index (χ0) is 13.1. The van der Waals surface area contributed by atoms with E-state index in [1.165, 1.54) is 12.4 Å². The van der Waals surface area contributed by atoms with Gasteiger partial charge in [-0.2, -0.15) is 0 Å². The minimum Gasteiger partial charge on any atom is -0.350 e. The second-order valence-electron chi connectivity index (χ2n) is 5.05. The van der Waals surface area contributed by atoms with Gasteiger partial charge in [-0.05, 0) is 11.3 Å². The molecule has 5 heteroatoms. The number of hydrogen-bond acceptors (Lipinski definition) is 3. The van der Waals surface area contributed by atoms with Crippen LogP contribution in [0.3, 0.4) is 0 Å². The van der Waals surface area contributed by atoms with E-state index in [2.05, 4.69) is 43.0 Å². The van der Waals surface area contributed by atoms with Gasteiger partial charge in [0, 0.05) is 6.54 Å². The molecule has 0 aliphatic rings. The Morgan fingerprint density at radius 1 is 1.47 bits per heavy atom. The summed E-state index contributed by atoms with van der Waals surface area (Å²) in [4.78, 5) is 19.5. The molecule has 4 nitrogen and oxygen atoms in total. The van der Waals surface area contributed by atoms with Gasteiger partial charge in [-0.1, -0.05) is 39.3 Å². The Morgan fingerprint density at radius 3 is 2.65 bits per heavy atom. The smallest absolute Gasteiger partial charge is 0.271 e. The Bertz CT molecular complexity index is 404. The quantitative estimate of drug-likeness (QED) is 0.900. The van der Waals surface area contributed by atoms with Crippen molar-refractivity contribution in [3.8, 4) is 0 Å². The van der Waals surface area contributed by atoms with E-state index >= 15 is 0 Å². The third-order valence-electron chi connectivity index (χ3n) is 3.11. The van der Waals surface area contributed by atoms with Crippen LogP contribution in [-0.4, -0.2) is 22.4 Å². The average Bonchev–Trinajstić information content (AvgIpc) is 2.25. The van der Waals surface area contributed by atoms with Gasteiger partial charge in [-0.15, -0.1) is 0 Å². The number of aromatic nitrogens is 2. The van der Waals surface area contributed by atoms with E-state index in [1.807, 2.05) is 0 Å². The maximum Gasteiger partial charge on any atom is 0.271 e. The molecule has 17 heavy (non-hydrogen) atoms. The van der Waals surface area contributed by atoms with Crippen LogP contribution in [0.15, 0.2) is 12.4 Å². The molecule has 94 valence electrons. The summed E-state index contributed by atoms with van der Waals surface area (Å²) in [5.41, 5.74) is 0.291. The Morgan fingerprint density at radius 2 is 2.12 bits per heavy atom. The number of nitrogens with zero attached hydrogens (tertiary/aromatic N) is 2. The topological polar surface area (TPSA) is 54.9 Å². The molecule has 0 radical (unpaired) electrons. The second-order valence-corrected chi connectivity index (χ2v) is 5.44. The summed E-state index contributed by atoms with van der Waals surface area (Å²) < 4.78 is 0. The number of rotatable bonds is 4. The minimum absolute atomic E-state index is 0.0433. The van der Waals surface area contributed by atoms with Crippen molar-refractivity contribution < 1.29 is 4.79 Å². The minimum atomic E-state index is -0.242. The lowest BCUT2D eigenvalue weighted by atomic mass is 9.81. The fraction of sp³-hybridized carbons (Fsp3) is 0.583. The second kappa shape index (κ2) is 5.45. The van der Waals surface area contributed by atoms with Crippen LogP contribution < -0.4 is 5.32 Å². The van der Waals surface area contributed by atoms with Crippen molar-refractivity contribution in [2.24, 2.45) is 11.3 Å². The molecule has 1 amide bonds. The highest BCUT2D eigenvalue weighted by Crippen LogP contribution is 2.24. The van der Waals surface area contributed by atoms with Gasteiger partial charge in [0.05, 0.1) is 12.4 Å². The molecule has 0 bridgehead atoms. The molecule has 1 N–H and O–H groups in total. The van der Waals surface area contributed by atoms with Crippen LogP contribution >= 0.6 is 11.6 Å². The molecule has 1 aromatic heterocycles. The number of nitrogens with one attached hydrogen (secondary N) is 1. The van der Waals surface area contributed by atoms with Crippen molar-refractivity contribution in [2.45, 2.75) is 27.7 Å². The SMILES string of the molecule is CC(C)C(C)(C)CNC(=O)c1cncc(Cl)n1. The fourth-order valence-electron chi connectivity index (χ4n) is 1.05. The highest BCUT2D eigenvalue weighted by molar-refractivity contribution is 6.29. The van der Waals surface area contributed by atoms with Gasteiger partial charge in [0.15, 0.2) is 0 Å². The molecule has 0 aromatic carbocycles. The highest BCUT2D eigenvalue weighted by Gasteiger charge is 2.23. The lowest BCUT2D eigenvalue weighted by Crippen LogP contribution is -2.37. The zero-order valence-electron chi connectivity index (χ0n) is 10.6. The van der Waals surface area contributed by atoms with Crippen molar-refractivity contribution in [2.75, 3.05) is 6.54 Å². The van der Waals surface area contributed by atoms with Crippen LogP contribution in [0.5, 0.6) is 0 Å². The summed E-state index contributed by atoms with van der Waals surface area (Å²) in [5, 5.41) is 3.07. The van der Waals surface area contributed by atoms with E-state index in [4.69, 9.17) is 11.6 Å². The van der Waals surface area contributed by atoms with Gasteiger partial charge in [-0.25, -0.2) is 4.98 Å². The predicted octanol–water partition coefficient (Wildman–Crippen LogP) is 2.54. The summed E-state index contributed by atoms with van der Waals surface area (Å²) >= 11 is 5.68. The Labute approximate surface area is 107 Å². The monoisotopic (exact) mass is 255 g/mol. The van der Waals surface area contributed by atoms with Crippen LogP contribution in [0.1, 0.15) is 38.2 Å². The van der Waals surface area contributed by atoms with Crippen molar-refractivity contribution in [1.82, 2.24) is 15.3 Å². The molecule has 0 unspecified atom stereocenters. The third-order valence-corrected chi connectivity index (χ3v) is 3.29. The standard InChI is InChI=1S/C12H18ClN3O/c1-8(2)12(3,4)7-15-11(17)9-5-14-6-10(13)16-9/h5-6,8H,7H2,1-4H3,(H,15,17). The molecule has 1 heterocycles. The van der Waals surface area contributed by atoms with Crippen LogP contribution in [0.2, 0.25) is 5.15 Å². The first kappa shape index (κ1) is 13.9. The summed E-state index contributed by atoms with van der Waals surface area (Å²) in [6.07, 6.45) is 2.81. The first-order valence-corrected chi connectivity index (χ1v) is 5.96. The first-order valence-electron chi connectivity index (χ1n) is 5.58. The number of hydrogen-bond donors (Lipinski definition) is 1. The van der Waals surface area contributed by atoms with Crippen molar-refractivity contribution >= 4 is 17.5 Å². The molecule has 0 atom stereocenters. The Hall–Kier alpha value is -1.16. The first-order chi connectivity index (χ1) is 7.83. The molecular formula is C12H18ClN3O. The average molecular weight is 256 g/mol. The summed E-state index contributed by atoms with van der Waals surface area (Å²) in [7, 11) is 0. The van der Waals surface area contributed by atoms with Crippen LogP contribution in [0.25, 0.3) is 0 Å². The van der Waals surface area contributed by atoms with Gasteiger partial charge in [0.1, 0.15) is 10.8 Å². The summed E-state index contributed by atoms with van der Waals surface area (Å²) in [6, 6.07) is 0. The van der Waals surface area contributed by atoms with Crippen LogP contribution in [-0.2, 0) is 0 Å². The number of amides is 1. The van der Waals surface area contributed by atoms with Crippen LogP contribution in [0, 0.1) is 11.3 Å². The molecule has 0 aliphatic carbocycles. The molecule has 1 rings (SSSR count).